The van der Waals surface area contributed by atoms with E-state index >= 15 is 0 Å². The molecule has 0 aliphatic heterocycles. The van der Waals surface area contributed by atoms with Crippen LogP contribution in [0.15, 0.2) is 71.6 Å². The molecule has 0 saturated heterocycles. The molecule has 0 radical (unpaired) electrons. The summed E-state index contributed by atoms with van der Waals surface area (Å²) in [4.78, 5) is 29.1. The zero-order chi connectivity index (χ0) is 31.9. The smallest absolute Gasteiger partial charge is 0.264 e. The molecule has 0 bridgehead atoms. The maximum Gasteiger partial charge on any atom is 0.264 e. The Morgan fingerprint density at radius 3 is 2.27 bits per heavy atom. The summed E-state index contributed by atoms with van der Waals surface area (Å²) in [5.41, 5.74) is 0.736. The number of ether oxygens (including phenoxy) is 2. The van der Waals surface area contributed by atoms with Crippen molar-refractivity contribution in [3.63, 3.8) is 0 Å². The minimum atomic E-state index is -4.28. The Morgan fingerprint density at radius 2 is 1.64 bits per heavy atom. The van der Waals surface area contributed by atoms with E-state index in [-0.39, 0.29) is 34.8 Å². The average molecular weight is 663 g/mol. The van der Waals surface area contributed by atoms with Gasteiger partial charge in [0.2, 0.25) is 11.8 Å². The number of nitrogens with one attached hydrogen (secondary N) is 1. The van der Waals surface area contributed by atoms with E-state index in [1.165, 1.54) is 37.3 Å². The molecule has 236 valence electrons. The van der Waals surface area contributed by atoms with Crippen LogP contribution in [0, 0.1) is 0 Å². The Morgan fingerprint density at radius 1 is 0.932 bits per heavy atom. The number of anilines is 1. The molecule has 1 N–H and O–H groups in total. The highest BCUT2D eigenvalue weighted by atomic mass is 35.5. The summed E-state index contributed by atoms with van der Waals surface area (Å²) in [6, 6.07) is 16.6. The molecule has 3 aromatic carbocycles. The van der Waals surface area contributed by atoms with Crippen molar-refractivity contribution in [3.05, 3.63) is 82.3 Å². The number of hydrogen-bond donors (Lipinski definition) is 1. The van der Waals surface area contributed by atoms with Gasteiger partial charge in [-0.2, -0.15) is 0 Å². The lowest BCUT2D eigenvalue weighted by molar-refractivity contribution is -0.139. The summed E-state index contributed by atoms with van der Waals surface area (Å²) < 4.78 is 40.1. The largest absolute Gasteiger partial charge is 0.497 e. The first-order valence-corrected chi connectivity index (χ1v) is 16.6. The topological polar surface area (TPSA) is 105 Å². The molecule has 9 nitrogen and oxygen atoms in total. The van der Waals surface area contributed by atoms with Crippen molar-refractivity contribution >= 4 is 50.7 Å². The van der Waals surface area contributed by atoms with Crippen molar-refractivity contribution in [1.82, 2.24) is 10.2 Å². The van der Waals surface area contributed by atoms with Crippen LogP contribution in [0.2, 0.25) is 10.0 Å². The van der Waals surface area contributed by atoms with Gasteiger partial charge in [-0.25, -0.2) is 8.42 Å². The summed E-state index contributed by atoms with van der Waals surface area (Å²) in [6.07, 6.45) is 4.93. The molecule has 12 heteroatoms. The van der Waals surface area contributed by atoms with Crippen molar-refractivity contribution in [2.75, 3.05) is 25.1 Å². The molecule has 2 amide bonds. The molecule has 44 heavy (non-hydrogen) atoms. The molecular weight excluding hydrogens is 625 g/mol. The normalized spacial score (nSPS) is 14.4. The lowest BCUT2D eigenvalue weighted by atomic mass is 9.95. The molecule has 1 saturated carbocycles. The fraction of sp³-hybridized carbons (Fsp3) is 0.375. The van der Waals surface area contributed by atoms with Crippen molar-refractivity contribution in [2.24, 2.45) is 0 Å². The Kier molecular flexibility index (Phi) is 11.4. The monoisotopic (exact) mass is 661 g/mol. The molecule has 1 aliphatic carbocycles. The fourth-order valence-corrected chi connectivity index (χ4v) is 6.97. The van der Waals surface area contributed by atoms with Gasteiger partial charge < -0.3 is 19.7 Å². The number of hydrogen-bond acceptors (Lipinski definition) is 6. The molecule has 0 aromatic heterocycles. The highest BCUT2D eigenvalue weighted by Crippen LogP contribution is 2.36. The summed E-state index contributed by atoms with van der Waals surface area (Å²) in [5, 5.41) is 3.73. The predicted molar refractivity (Wildman–Crippen MR) is 172 cm³/mol. The Balaban J connectivity index is 1.75. The maximum atomic E-state index is 14.3. The number of amides is 2. The molecule has 1 aliphatic rings. The molecule has 0 spiro atoms. The van der Waals surface area contributed by atoms with Crippen LogP contribution in [0.3, 0.4) is 0 Å². The van der Waals surface area contributed by atoms with Gasteiger partial charge in [0, 0.05) is 18.7 Å². The minimum Gasteiger partial charge on any atom is -0.497 e. The van der Waals surface area contributed by atoms with E-state index in [0.29, 0.717) is 21.4 Å². The first-order valence-electron chi connectivity index (χ1n) is 14.4. The number of halogens is 2. The highest BCUT2D eigenvalue weighted by Gasteiger charge is 2.34. The van der Waals surface area contributed by atoms with Crippen molar-refractivity contribution in [1.29, 1.82) is 0 Å². The van der Waals surface area contributed by atoms with Gasteiger partial charge in [-0.3, -0.25) is 13.9 Å². The number of methoxy groups -OCH3 is 2. The van der Waals surface area contributed by atoms with Crippen LogP contribution in [0.1, 0.15) is 44.6 Å². The number of carbonyl (C=O) groups is 2. The van der Waals surface area contributed by atoms with E-state index < -0.39 is 28.5 Å². The van der Waals surface area contributed by atoms with Gasteiger partial charge in [-0.1, -0.05) is 66.7 Å². The summed E-state index contributed by atoms with van der Waals surface area (Å²) in [7, 11) is -1.41. The number of nitrogens with zero attached hydrogens (tertiary/aromatic N) is 2. The van der Waals surface area contributed by atoms with Gasteiger partial charge >= 0.3 is 0 Å². The second-order valence-corrected chi connectivity index (χ2v) is 13.3. The Hall–Kier alpha value is -3.47. The van der Waals surface area contributed by atoms with E-state index in [1.807, 2.05) is 0 Å². The zero-order valence-electron chi connectivity index (χ0n) is 25.0. The van der Waals surface area contributed by atoms with Crippen LogP contribution in [0.25, 0.3) is 0 Å². The molecular formula is C32H37Cl2N3O6S. The van der Waals surface area contributed by atoms with Crippen LogP contribution in [-0.2, 0) is 26.2 Å². The average Bonchev–Trinajstić information content (AvgIpc) is 3.04. The second-order valence-electron chi connectivity index (χ2n) is 10.7. The van der Waals surface area contributed by atoms with Crippen molar-refractivity contribution in [3.8, 4) is 11.5 Å². The van der Waals surface area contributed by atoms with Gasteiger partial charge in [0.25, 0.3) is 10.0 Å². The third-order valence-corrected chi connectivity index (χ3v) is 10.2. The van der Waals surface area contributed by atoms with Crippen LogP contribution >= 0.6 is 23.2 Å². The van der Waals surface area contributed by atoms with Crippen molar-refractivity contribution < 1.29 is 27.5 Å². The number of benzene rings is 3. The predicted octanol–water partition coefficient (Wildman–Crippen LogP) is 6.07. The molecule has 1 fully saturated rings. The molecule has 0 heterocycles. The number of carbonyl (C=O) groups excluding carboxylic acids is 2. The summed E-state index contributed by atoms with van der Waals surface area (Å²) in [5.74, 6) is -0.333. The van der Waals surface area contributed by atoms with Gasteiger partial charge in [0.15, 0.2) is 0 Å². The highest BCUT2D eigenvalue weighted by molar-refractivity contribution is 7.92. The SMILES string of the molecule is COc1ccc(OC)c(N(CC(=O)N(Cc2ccc(Cl)c(Cl)c2)C(C)C(=O)NC2CCCCC2)S(=O)(=O)c2ccccc2)c1. The van der Waals surface area contributed by atoms with Crippen LogP contribution < -0.4 is 19.1 Å². The van der Waals surface area contributed by atoms with Crippen molar-refractivity contribution in [2.45, 2.75) is 62.6 Å². The van der Waals surface area contributed by atoms with E-state index in [2.05, 4.69) is 5.32 Å². The standard InChI is InChI=1S/C32H37Cl2N3O6S/c1-22(32(39)35-24-10-6-4-7-11-24)36(20-23-14-16-27(33)28(34)18-23)31(38)21-37(44(40,41)26-12-8-5-9-13-26)29-19-25(42-2)15-17-30(29)43-3/h5,8-9,12-19,22,24H,4,6-7,10-11,20-21H2,1-3H3,(H,35,39). The summed E-state index contributed by atoms with van der Waals surface area (Å²) >= 11 is 12.4. The minimum absolute atomic E-state index is 0.0105. The van der Waals surface area contributed by atoms with Crippen LogP contribution in [0.4, 0.5) is 5.69 Å². The van der Waals surface area contributed by atoms with E-state index in [1.54, 1.807) is 55.5 Å². The zero-order valence-corrected chi connectivity index (χ0v) is 27.3. The lowest BCUT2D eigenvalue weighted by Gasteiger charge is -2.33. The van der Waals surface area contributed by atoms with E-state index in [4.69, 9.17) is 32.7 Å². The first-order chi connectivity index (χ1) is 21.0. The third-order valence-electron chi connectivity index (χ3n) is 7.72. The second kappa shape index (κ2) is 15.0. The Bertz CT molecular complexity index is 1570. The van der Waals surface area contributed by atoms with Gasteiger partial charge in [0.05, 0.1) is 34.8 Å². The fourth-order valence-electron chi connectivity index (χ4n) is 5.21. The molecule has 1 atom stereocenters. The maximum absolute atomic E-state index is 14.3. The first kappa shape index (κ1) is 33.4. The number of rotatable bonds is 12. The lowest BCUT2D eigenvalue weighted by Crippen LogP contribution is -2.53. The molecule has 4 rings (SSSR count). The van der Waals surface area contributed by atoms with Crippen LogP contribution in [-0.4, -0.2) is 58.0 Å². The van der Waals surface area contributed by atoms with Crippen LogP contribution in [0.5, 0.6) is 11.5 Å². The third kappa shape index (κ3) is 7.97. The van der Waals surface area contributed by atoms with Gasteiger partial charge in [-0.05, 0) is 61.7 Å². The van der Waals surface area contributed by atoms with Gasteiger partial charge in [-0.15, -0.1) is 0 Å². The quantitative estimate of drug-likeness (QED) is 0.253. The molecule has 1 unspecified atom stereocenters. The van der Waals surface area contributed by atoms with Gasteiger partial charge in [0.1, 0.15) is 24.1 Å². The Labute approximate surface area is 269 Å². The van der Waals surface area contributed by atoms with E-state index in [0.717, 1.165) is 36.4 Å². The number of sulfonamides is 1. The van der Waals surface area contributed by atoms with E-state index in [9.17, 15) is 18.0 Å². The summed E-state index contributed by atoms with van der Waals surface area (Å²) in [6.45, 7) is 1.00. The molecule has 3 aromatic rings.